The van der Waals surface area contributed by atoms with Crippen LogP contribution in [-0.2, 0) is 12.8 Å². The molecule has 0 bridgehead atoms. The SMILES string of the molecule is CC1CCc2c(cnc3cccc[n+]23)C1. The number of pyridine rings is 1. The first-order valence-electron chi connectivity index (χ1n) is 5.62. The quantitative estimate of drug-likeness (QED) is 0.593. The third kappa shape index (κ3) is 1.41. The van der Waals surface area contributed by atoms with Gasteiger partial charge in [0.05, 0.1) is 6.20 Å². The molecule has 3 rings (SSSR count). The molecule has 15 heavy (non-hydrogen) atoms. The number of fused-ring (bicyclic) bond motifs is 3. The molecule has 0 aromatic carbocycles. The molecule has 1 unspecified atom stereocenters. The van der Waals surface area contributed by atoms with E-state index in [9.17, 15) is 0 Å². The number of nitrogens with zero attached hydrogens (tertiary/aromatic N) is 2. The van der Waals surface area contributed by atoms with Gasteiger partial charge in [-0.2, -0.15) is 0 Å². The molecule has 1 aliphatic carbocycles. The van der Waals surface area contributed by atoms with Crippen LogP contribution in [0.3, 0.4) is 0 Å². The zero-order chi connectivity index (χ0) is 10.3. The molecule has 2 heteroatoms. The van der Waals surface area contributed by atoms with Crippen LogP contribution in [0, 0.1) is 5.92 Å². The summed E-state index contributed by atoms with van der Waals surface area (Å²) in [6.07, 6.45) is 7.84. The van der Waals surface area contributed by atoms with E-state index in [1.54, 1.807) is 0 Å². The zero-order valence-electron chi connectivity index (χ0n) is 8.98. The predicted molar refractivity (Wildman–Crippen MR) is 58.6 cm³/mol. The number of rotatable bonds is 0. The highest BCUT2D eigenvalue weighted by Gasteiger charge is 2.22. The Labute approximate surface area is 89.6 Å². The molecule has 1 aliphatic rings. The Morgan fingerprint density at radius 1 is 1.40 bits per heavy atom. The number of aryl methyl sites for hydroxylation is 1. The van der Waals surface area contributed by atoms with E-state index in [4.69, 9.17) is 0 Å². The summed E-state index contributed by atoms with van der Waals surface area (Å²) in [5.74, 6) is 0.807. The third-order valence-corrected chi connectivity index (χ3v) is 3.29. The van der Waals surface area contributed by atoms with Crippen molar-refractivity contribution in [2.45, 2.75) is 26.2 Å². The lowest BCUT2D eigenvalue weighted by atomic mass is 9.88. The van der Waals surface area contributed by atoms with E-state index in [1.807, 2.05) is 6.07 Å². The van der Waals surface area contributed by atoms with E-state index in [0.29, 0.717) is 0 Å². The van der Waals surface area contributed by atoms with E-state index in [-0.39, 0.29) is 0 Å². The van der Waals surface area contributed by atoms with Crippen LogP contribution in [0.2, 0.25) is 0 Å². The van der Waals surface area contributed by atoms with Crippen molar-refractivity contribution < 1.29 is 4.40 Å². The molecule has 0 fully saturated rings. The van der Waals surface area contributed by atoms with E-state index >= 15 is 0 Å². The van der Waals surface area contributed by atoms with Crippen LogP contribution in [0.15, 0.2) is 30.6 Å². The second kappa shape index (κ2) is 3.30. The normalized spacial score (nSPS) is 20.2. The topological polar surface area (TPSA) is 17.0 Å². The van der Waals surface area contributed by atoms with Gasteiger partial charge < -0.3 is 0 Å². The maximum absolute atomic E-state index is 4.49. The third-order valence-electron chi connectivity index (χ3n) is 3.29. The molecule has 0 amide bonds. The van der Waals surface area contributed by atoms with Crippen molar-refractivity contribution in [2.24, 2.45) is 5.92 Å². The standard InChI is InChI=1S/C13H15N2/c1-10-5-6-12-11(8-10)9-14-13-4-2-3-7-15(12)13/h2-4,7,9-10H,5-6,8H2,1H3/q+1. The van der Waals surface area contributed by atoms with Gasteiger partial charge in [-0.3, -0.25) is 0 Å². The molecule has 0 N–H and O–H groups in total. The maximum atomic E-state index is 4.49. The average molecular weight is 199 g/mol. The van der Waals surface area contributed by atoms with Gasteiger partial charge in [0.2, 0.25) is 0 Å². The summed E-state index contributed by atoms with van der Waals surface area (Å²) in [5, 5.41) is 0. The fraction of sp³-hybridized carbons (Fsp3) is 0.385. The Balaban J connectivity index is 2.25. The Kier molecular flexibility index (Phi) is 1.94. The fourth-order valence-electron chi connectivity index (χ4n) is 2.45. The number of aromatic nitrogens is 2. The molecule has 0 radical (unpaired) electrons. The summed E-state index contributed by atoms with van der Waals surface area (Å²) in [6, 6.07) is 6.19. The second-order valence-corrected chi connectivity index (χ2v) is 4.51. The highest BCUT2D eigenvalue weighted by molar-refractivity contribution is 5.31. The molecule has 1 atom stereocenters. The molecule has 2 nitrogen and oxygen atoms in total. The minimum absolute atomic E-state index is 0.807. The Morgan fingerprint density at radius 3 is 3.27 bits per heavy atom. The van der Waals surface area contributed by atoms with Crippen molar-refractivity contribution in [3.8, 4) is 0 Å². The summed E-state index contributed by atoms with van der Waals surface area (Å²) < 4.78 is 2.24. The van der Waals surface area contributed by atoms with E-state index < -0.39 is 0 Å². The molecule has 0 saturated carbocycles. The highest BCUT2D eigenvalue weighted by Crippen LogP contribution is 2.22. The summed E-state index contributed by atoms with van der Waals surface area (Å²) >= 11 is 0. The molecule has 2 aromatic heterocycles. The van der Waals surface area contributed by atoms with E-state index in [2.05, 4.69) is 40.8 Å². The van der Waals surface area contributed by atoms with Crippen LogP contribution >= 0.6 is 0 Å². The van der Waals surface area contributed by atoms with Crippen molar-refractivity contribution >= 4 is 5.65 Å². The predicted octanol–water partition coefficient (Wildman–Crippen LogP) is 1.95. The molecular weight excluding hydrogens is 184 g/mol. The lowest BCUT2D eigenvalue weighted by Crippen LogP contribution is -2.33. The minimum atomic E-state index is 0.807. The van der Waals surface area contributed by atoms with Gasteiger partial charge in [-0.05, 0) is 29.8 Å². The lowest BCUT2D eigenvalue weighted by molar-refractivity contribution is -0.525. The molecule has 0 aliphatic heterocycles. The summed E-state index contributed by atoms with van der Waals surface area (Å²) in [5.41, 5.74) is 3.95. The second-order valence-electron chi connectivity index (χ2n) is 4.51. The van der Waals surface area contributed by atoms with Gasteiger partial charge in [-0.25, -0.2) is 4.40 Å². The monoisotopic (exact) mass is 199 g/mol. The summed E-state index contributed by atoms with van der Waals surface area (Å²) in [6.45, 7) is 2.32. The van der Waals surface area contributed by atoms with Gasteiger partial charge in [0.25, 0.3) is 0 Å². The number of hydrogen-bond donors (Lipinski definition) is 0. The van der Waals surface area contributed by atoms with Gasteiger partial charge in [0, 0.05) is 18.1 Å². The van der Waals surface area contributed by atoms with Gasteiger partial charge in [-0.1, -0.05) is 13.0 Å². The van der Waals surface area contributed by atoms with Crippen molar-refractivity contribution in [3.63, 3.8) is 0 Å². The van der Waals surface area contributed by atoms with Gasteiger partial charge in [-0.15, -0.1) is 0 Å². The largest absolute Gasteiger partial charge is 0.327 e. The van der Waals surface area contributed by atoms with E-state index in [0.717, 1.165) is 11.6 Å². The lowest BCUT2D eigenvalue weighted by Gasteiger charge is -2.18. The zero-order valence-corrected chi connectivity index (χ0v) is 8.98. The van der Waals surface area contributed by atoms with Crippen molar-refractivity contribution in [1.82, 2.24) is 4.98 Å². The smallest absolute Gasteiger partial charge is 0.200 e. The fourth-order valence-corrected chi connectivity index (χ4v) is 2.45. The average Bonchev–Trinajstić information content (AvgIpc) is 2.28. The van der Waals surface area contributed by atoms with Crippen molar-refractivity contribution in [3.05, 3.63) is 41.9 Å². The molecule has 76 valence electrons. The van der Waals surface area contributed by atoms with Crippen LogP contribution in [0.1, 0.15) is 24.6 Å². The Morgan fingerprint density at radius 2 is 2.33 bits per heavy atom. The minimum Gasteiger partial charge on any atom is -0.200 e. The van der Waals surface area contributed by atoms with Crippen LogP contribution in [0.25, 0.3) is 5.65 Å². The molecule has 0 saturated heterocycles. The highest BCUT2D eigenvalue weighted by atomic mass is 15.0. The first-order valence-corrected chi connectivity index (χ1v) is 5.62. The van der Waals surface area contributed by atoms with Crippen molar-refractivity contribution in [1.29, 1.82) is 0 Å². The van der Waals surface area contributed by atoms with Gasteiger partial charge >= 0.3 is 5.65 Å². The molecule has 2 aromatic rings. The van der Waals surface area contributed by atoms with Gasteiger partial charge in [0.15, 0.2) is 0 Å². The first kappa shape index (κ1) is 8.84. The first-order chi connectivity index (χ1) is 7.34. The molecule has 2 heterocycles. The Hall–Kier alpha value is -1.44. The maximum Gasteiger partial charge on any atom is 0.327 e. The summed E-state index contributed by atoms with van der Waals surface area (Å²) in [4.78, 5) is 4.49. The molecular formula is C13H15N2+. The van der Waals surface area contributed by atoms with Crippen LogP contribution in [-0.4, -0.2) is 4.98 Å². The van der Waals surface area contributed by atoms with Crippen molar-refractivity contribution in [2.75, 3.05) is 0 Å². The van der Waals surface area contributed by atoms with Crippen LogP contribution in [0.5, 0.6) is 0 Å². The number of hydrogen-bond acceptors (Lipinski definition) is 1. The van der Waals surface area contributed by atoms with Crippen LogP contribution in [0.4, 0.5) is 0 Å². The van der Waals surface area contributed by atoms with Crippen LogP contribution < -0.4 is 4.40 Å². The molecule has 0 spiro atoms. The van der Waals surface area contributed by atoms with E-state index in [1.165, 1.54) is 30.5 Å². The summed E-state index contributed by atoms with van der Waals surface area (Å²) in [7, 11) is 0. The Bertz CT molecular complexity index is 505. The van der Waals surface area contributed by atoms with Gasteiger partial charge in [0.1, 0.15) is 11.9 Å².